The zero-order valence-corrected chi connectivity index (χ0v) is 17.1. The van der Waals surface area contributed by atoms with Gasteiger partial charge in [-0.1, -0.05) is 41.7 Å². The number of nitrogens with zero attached hydrogens (tertiary/aromatic N) is 3. The van der Waals surface area contributed by atoms with Gasteiger partial charge in [0, 0.05) is 17.7 Å². The second-order valence-corrected chi connectivity index (χ2v) is 7.37. The molecule has 3 aromatic rings. The Bertz CT molecular complexity index is 1010. The largest absolute Gasteiger partial charge is 0.468 e. The lowest BCUT2D eigenvalue weighted by Gasteiger charge is -2.03. The number of amides is 1. The van der Waals surface area contributed by atoms with Crippen molar-refractivity contribution in [3.63, 3.8) is 0 Å². The van der Waals surface area contributed by atoms with Gasteiger partial charge in [-0.05, 0) is 26.3 Å². The molecule has 8 heteroatoms. The molecule has 7 nitrogen and oxygen atoms in total. The molecule has 0 bridgehead atoms. The van der Waals surface area contributed by atoms with E-state index >= 15 is 0 Å². The molecule has 0 radical (unpaired) electrons. The molecule has 0 unspecified atom stereocenters. The van der Waals surface area contributed by atoms with Crippen molar-refractivity contribution in [2.45, 2.75) is 27.2 Å². The molecule has 1 amide bonds. The van der Waals surface area contributed by atoms with Crippen LogP contribution in [-0.2, 0) is 16.0 Å². The molecule has 2 heterocycles. The number of carbonyl (C=O) groups is 2. The van der Waals surface area contributed by atoms with Gasteiger partial charge in [0.15, 0.2) is 0 Å². The van der Waals surface area contributed by atoms with Crippen LogP contribution < -0.4 is 5.32 Å². The number of carbonyl (C=O) groups excluding carboxylic acids is 2. The molecule has 3 rings (SSSR count). The van der Waals surface area contributed by atoms with E-state index in [2.05, 4.69) is 32.3 Å². The molecular weight excluding hydrogens is 376 g/mol. The Hall–Kier alpha value is -3.00. The van der Waals surface area contributed by atoms with Crippen molar-refractivity contribution in [3.05, 3.63) is 63.4 Å². The summed E-state index contributed by atoms with van der Waals surface area (Å²) in [5.74, 6) is -0.850. The SMILES string of the molecule is COC(=O)CNC(=O)c1sc(-n2nc(C)c(Cc3ccccc3)c2C)nc1C. The molecule has 0 aliphatic rings. The number of nitrogens with one attached hydrogen (secondary N) is 1. The third-order valence-electron chi connectivity index (χ3n) is 4.46. The van der Waals surface area contributed by atoms with Gasteiger partial charge in [0.25, 0.3) is 5.91 Å². The summed E-state index contributed by atoms with van der Waals surface area (Å²) in [6, 6.07) is 10.2. The second kappa shape index (κ2) is 8.35. The topological polar surface area (TPSA) is 86.1 Å². The van der Waals surface area contributed by atoms with Gasteiger partial charge >= 0.3 is 5.97 Å². The minimum Gasteiger partial charge on any atom is -0.468 e. The normalized spacial score (nSPS) is 10.7. The van der Waals surface area contributed by atoms with E-state index in [0.717, 1.165) is 23.4 Å². The number of methoxy groups -OCH3 is 1. The molecule has 146 valence electrons. The summed E-state index contributed by atoms with van der Waals surface area (Å²) in [5, 5.41) is 7.81. The summed E-state index contributed by atoms with van der Waals surface area (Å²) >= 11 is 1.25. The van der Waals surface area contributed by atoms with E-state index < -0.39 is 5.97 Å². The van der Waals surface area contributed by atoms with Gasteiger partial charge < -0.3 is 10.1 Å². The molecule has 0 aliphatic carbocycles. The Labute approximate surface area is 167 Å². The van der Waals surface area contributed by atoms with Gasteiger partial charge in [-0.15, -0.1) is 0 Å². The fourth-order valence-electron chi connectivity index (χ4n) is 2.91. The molecule has 28 heavy (non-hydrogen) atoms. The lowest BCUT2D eigenvalue weighted by atomic mass is 10.0. The van der Waals surface area contributed by atoms with Crippen LogP contribution in [0.5, 0.6) is 0 Å². The average Bonchev–Trinajstić information content (AvgIpc) is 3.21. The molecule has 0 saturated heterocycles. The summed E-state index contributed by atoms with van der Waals surface area (Å²) < 4.78 is 6.32. The van der Waals surface area contributed by atoms with Crippen LogP contribution in [0.25, 0.3) is 5.13 Å². The van der Waals surface area contributed by atoms with Crippen molar-refractivity contribution in [1.29, 1.82) is 0 Å². The Morgan fingerprint density at radius 2 is 1.86 bits per heavy atom. The summed E-state index contributed by atoms with van der Waals surface area (Å²) in [4.78, 5) is 28.5. The number of aromatic nitrogens is 3. The summed E-state index contributed by atoms with van der Waals surface area (Å²) in [5.41, 5.74) is 4.89. The molecule has 2 aromatic heterocycles. The van der Waals surface area contributed by atoms with Crippen LogP contribution in [0.3, 0.4) is 0 Å². The van der Waals surface area contributed by atoms with E-state index in [1.807, 2.05) is 32.0 Å². The van der Waals surface area contributed by atoms with Crippen LogP contribution in [0, 0.1) is 20.8 Å². The highest BCUT2D eigenvalue weighted by molar-refractivity contribution is 7.16. The molecule has 0 fully saturated rings. The number of aryl methyl sites for hydroxylation is 2. The zero-order chi connectivity index (χ0) is 20.3. The summed E-state index contributed by atoms with van der Waals surface area (Å²) in [7, 11) is 1.28. The van der Waals surface area contributed by atoms with Crippen LogP contribution >= 0.6 is 11.3 Å². The maximum atomic E-state index is 12.4. The Balaban J connectivity index is 1.85. The van der Waals surface area contributed by atoms with E-state index in [0.29, 0.717) is 15.7 Å². The first-order valence-corrected chi connectivity index (χ1v) is 9.64. The summed E-state index contributed by atoms with van der Waals surface area (Å²) in [6.07, 6.45) is 0.787. The zero-order valence-electron chi connectivity index (χ0n) is 16.3. The van der Waals surface area contributed by atoms with Gasteiger partial charge in [0.2, 0.25) is 5.13 Å². The highest BCUT2D eigenvalue weighted by atomic mass is 32.1. The number of hydrogen-bond acceptors (Lipinski definition) is 6. The number of benzene rings is 1. The lowest BCUT2D eigenvalue weighted by molar-refractivity contribution is -0.139. The predicted octanol–water partition coefficient (Wildman–Crippen LogP) is 2.75. The molecule has 1 aromatic carbocycles. The Morgan fingerprint density at radius 3 is 2.54 bits per heavy atom. The predicted molar refractivity (Wildman–Crippen MR) is 107 cm³/mol. The first-order valence-electron chi connectivity index (χ1n) is 8.82. The second-order valence-electron chi connectivity index (χ2n) is 6.39. The fourth-order valence-corrected chi connectivity index (χ4v) is 3.89. The van der Waals surface area contributed by atoms with E-state index in [-0.39, 0.29) is 12.5 Å². The van der Waals surface area contributed by atoms with Crippen LogP contribution in [-0.4, -0.2) is 40.3 Å². The number of thiazole rings is 1. The van der Waals surface area contributed by atoms with Gasteiger partial charge in [-0.2, -0.15) is 5.10 Å². The van der Waals surface area contributed by atoms with Gasteiger partial charge in [-0.3, -0.25) is 9.59 Å². The molecule has 1 N–H and O–H groups in total. The molecule has 0 aliphatic heterocycles. The molecule has 0 spiro atoms. The Morgan fingerprint density at radius 1 is 1.14 bits per heavy atom. The van der Waals surface area contributed by atoms with Crippen LogP contribution in [0.1, 0.15) is 37.9 Å². The number of esters is 1. The molecule has 0 atom stereocenters. The highest BCUT2D eigenvalue weighted by Crippen LogP contribution is 2.26. The Kier molecular flexibility index (Phi) is 5.89. The van der Waals surface area contributed by atoms with Gasteiger partial charge in [-0.25, -0.2) is 9.67 Å². The minimum atomic E-state index is -0.500. The van der Waals surface area contributed by atoms with E-state index in [9.17, 15) is 9.59 Å². The third kappa shape index (κ3) is 4.12. The van der Waals surface area contributed by atoms with Crippen molar-refractivity contribution in [2.24, 2.45) is 0 Å². The molecule has 0 saturated carbocycles. The first-order chi connectivity index (χ1) is 13.4. The summed E-state index contributed by atoms with van der Waals surface area (Å²) in [6.45, 7) is 5.57. The van der Waals surface area contributed by atoms with Crippen LogP contribution in [0.15, 0.2) is 30.3 Å². The third-order valence-corrected chi connectivity index (χ3v) is 5.59. The first kappa shape index (κ1) is 19.8. The van der Waals surface area contributed by atoms with Crippen molar-refractivity contribution < 1.29 is 14.3 Å². The van der Waals surface area contributed by atoms with E-state index in [1.54, 1.807) is 11.6 Å². The van der Waals surface area contributed by atoms with Gasteiger partial charge in [0.05, 0.1) is 18.5 Å². The highest BCUT2D eigenvalue weighted by Gasteiger charge is 2.20. The van der Waals surface area contributed by atoms with E-state index in [1.165, 1.54) is 24.0 Å². The number of rotatable bonds is 6. The maximum absolute atomic E-state index is 12.4. The van der Waals surface area contributed by atoms with E-state index in [4.69, 9.17) is 0 Å². The monoisotopic (exact) mass is 398 g/mol. The number of ether oxygens (including phenoxy) is 1. The van der Waals surface area contributed by atoms with Crippen molar-refractivity contribution in [1.82, 2.24) is 20.1 Å². The molecular formula is C20H22N4O3S. The smallest absolute Gasteiger partial charge is 0.325 e. The van der Waals surface area contributed by atoms with Crippen molar-refractivity contribution in [3.8, 4) is 5.13 Å². The standard InChI is InChI=1S/C20H22N4O3S/c1-12-16(10-15-8-6-5-7-9-15)14(3)24(23-12)20-22-13(2)18(28-20)19(26)21-11-17(25)27-4/h5-9H,10-11H2,1-4H3,(H,21,26). The lowest BCUT2D eigenvalue weighted by Crippen LogP contribution is -2.29. The average molecular weight is 398 g/mol. The number of hydrogen-bond donors (Lipinski definition) is 1. The minimum absolute atomic E-state index is 0.177. The van der Waals surface area contributed by atoms with Crippen molar-refractivity contribution >= 4 is 23.2 Å². The van der Waals surface area contributed by atoms with Crippen molar-refractivity contribution in [2.75, 3.05) is 13.7 Å². The van der Waals surface area contributed by atoms with Crippen LogP contribution in [0.4, 0.5) is 0 Å². The maximum Gasteiger partial charge on any atom is 0.325 e. The fraction of sp³-hybridized carbons (Fsp3) is 0.300. The van der Waals surface area contributed by atoms with Crippen LogP contribution in [0.2, 0.25) is 0 Å². The quantitative estimate of drug-likeness (QED) is 0.645. The van der Waals surface area contributed by atoms with Gasteiger partial charge in [0.1, 0.15) is 11.4 Å².